The van der Waals surface area contributed by atoms with E-state index >= 15 is 0 Å². The van der Waals surface area contributed by atoms with E-state index in [0.717, 1.165) is 25.7 Å². The van der Waals surface area contributed by atoms with Gasteiger partial charge in [0, 0.05) is 18.3 Å². The molecule has 5 heteroatoms. The van der Waals surface area contributed by atoms with Crippen molar-refractivity contribution in [3.8, 4) is 0 Å². The molecule has 0 aliphatic carbocycles. The Bertz CT molecular complexity index is 425. The number of halogens is 1. The Hall–Kier alpha value is -1.13. The summed E-state index contributed by atoms with van der Waals surface area (Å²) in [7, 11) is 0. The molecule has 0 radical (unpaired) electrons. The molecule has 1 aromatic rings. The highest BCUT2D eigenvalue weighted by molar-refractivity contribution is 6.29. The maximum atomic E-state index is 12.4. The van der Waals surface area contributed by atoms with Crippen molar-refractivity contribution < 1.29 is 9.90 Å². The Labute approximate surface area is 112 Å². The third kappa shape index (κ3) is 3.00. The molecule has 0 bridgehead atoms. The zero-order chi connectivity index (χ0) is 13.0. The van der Waals surface area contributed by atoms with Crippen LogP contribution in [-0.2, 0) is 0 Å². The molecule has 2 heterocycles. The SMILES string of the molecule is O=C(c1ccnc(Cl)c1)N1CCCCCC1CO. The van der Waals surface area contributed by atoms with E-state index in [1.165, 1.54) is 6.20 Å². The Morgan fingerprint density at radius 2 is 2.33 bits per heavy atom. The number of aromatic nitrogens is 1. The van der Waals surface area contributed by atoms with Gasteiger partial charge in [-0.1, -0.05) is 24.4 Å². The summed E-state index contributed by atoms with van der Waals surface area (Å²) in [5.74, 6) is -0.0692. The van der Waals surface area contributed by atoms with Crippen molar-refractivity contribution in [2.45, 2.75) is 31.7 Å². The van der Waals surface area contributed by atoms with Gasteiger partial charge in [0.05, 0.1) is 12.6 Å². The summed E-state index contributed by atoms with van der Waals surface area (Å²) in [6.07, 6.45) is 5.55. The maximum Gasteiger partial charge on any atom is 0.254 e. The molecule has 0 aromatic carbocycles. The minimum atomic E-state index is -0.0769. The van der Waals surface area contributed by atoms with Crippen LogP contribution in [0.2, 0.25) is 5.15 Å². The number of nitrogens with zero attached hydrogens (tertiary/aromatic N) is 2. The second-order valence-electron chi connectivity index (χ2n) is 4.55. The van der Waals surface area contributed by atoms with Crippen LogP contribution in [0, 0.1) is 0 Å². The van der Waals surface area contributed by atoms with Crippen molar-refractivity contribution in [2.24, 2.45) is 0 Å². The third-order valence-corrected chi connectivity index (χ3v) is 3.53. The van der Waals surface area contributed by atoms with Crippen LogP contribution in [0.1, 0.15) is 36.0 Å². The molecular formula is C13H17ClN2O2. The monoisotopic (exact) mass is 268 g/mol. The number of pyridine rings is 1. The molecule has 1 aliphatic heterocycles. The molecule has 0 saturated carbocycles. The number of likely N-dealkylation sites (tertiary alicyclic amines) is 1. The predicted molar refractivity (Wildman–Crippen MR) is 69.6 cm³/mol. The number of rotatable bonds is 2. The second kappa shape index (κ2) is 6.16. The van der Waals surface area contributed by atoms with E-state index in [2.05, 4.69) is 4.98 Å². The lowest BCUT2D eigenvalue weighted by molar-refractivity contribution is 0.0599. The topological polar surface area (TPSA) is 53.4 Å². The summed E-state index contributed by atoms with van der Waals surface area (Å²) >= 11 is 5.80. The van der Waals surface area contributed by atoms with Gasteiger partial charge >= 0.3 is 0 Å². The van der Waals surface area contributed by atoms with Crippen molar-refractivity contribution in [1.29, 1.82) is 0 Å². The van der Waals surface area contributed by atoms with E-state index in [1.807, 2.05) is 0 Å². The molecule has 4 nitrogen and oxygen atoms in total. The number of carbonyl (C=O) groups excluding carboxylic acids is 1. The lowest BCUT2D eigenvalue weighted by atomic mass is 10.1. The smallest absolute Gasteiger partial charge is 0.254 e. The lowest BCUT2D eigenvalue weighted by Gasteiger charge is -2.28. The third-order valence-electron chi connectivity index (χ3n) is 3.32. The molecule has 1 unspecified atom stereocenters. The zero-order valence-electron chi connectivity index (χ0n) is 10.2. The molecule has 1 fully saturated rings. The number of amides is 1. The fourth-order valence-electron chi connectivity index (χ4n) is 2.34. The van der Waals surface area contributed by atoms with Gasteiger partial charge in [-0.15, -0.1) is 0 Å². The fraction of sp³-hybridized carbons (Fsp3) is 0.538. The van der Waals surface area contributed by atoms with Gasteiger partial charge in [-0.25, -0.2) is 4.98 Å². The highest BCUT2D eigenvalue weighted by atomic mass is 35.5. The summed E-state index contributed by atoms with van der Waals surface area (Å²) in [5.41, 5.74) is 0.537. The van der Waals surface area contributed by atoms with Crippen molar-refractivity contribution in [3.05, 3.63) is 29.0 Å². The number of hydrogen-bond donors (Lipinski definition) is 1. The highest BCUT2D eigenvalue weighted by Gasteiger charge is 2.25. The predicted octanol–water partition coefficient (Wildman–Crippen LogP) is 2.11. The van der Waals surface area contributed by atoms with Crippen LogP contribution in [0.5, 0.6) is 0 Å². The van der Waals surface area contributed by atoms with Crippen LogP contribution in [0.25, 0.3) is 0 Å². The Balaban J connectivity index is 2.19. The molecule has 1 aliphatic rings. The van der Waals surface area contributed by atoms with E-state index in [-0.39, 0.29) is 18.6 Å². The van der Waals surface area contributed by atoms with Gasteiger partial charge in [0.15, 0.2) is 0 Å². The van der Waals surface area contributed by atoms with Crippen molar-refractivity contribution in [2.75, 3.05) is 13.2 Å². The Morgan fingerprint density at radius 3 is 3.06 bits per heavy atom. The van der Waals surface area contributed by atoms with E-state index in [4.69, 9.17) is 11.6 Å². The van der Waals surface area contributed by atoms with E-state index < -0.39 is 0 Å². The van der Waals surface area contributed by atoms with Crippen LogP contribution >= 0.6 is 11.6 Å². The van der Waals surface area contributed by atoms with Crippen LogP contribution in [0.15, 0.2) is 18.3 Å². The molecule has 1 atom stereocenters. The normalized spacial score (nSPS) is 20.6. The lowest BCUT2D eigenvalue weighted by Crippen LogP contribution is -2.42. The van der Waals surface area contributed by atoms with E-state index in [1.54, 1.807) is 17.0 Å². The average Bonchev–Trinajstić information content (AvgIpc) is 2.62. The van der Waals surface area contributed by atoms with Crippen LogP contribution in [0.3, 0.4) is 0 Å². The molecule has 1 amide bonds. The minimum absolute atomic E-state index is 0.0184. The molecular weight excluding hydrogens is 252 g/mol. The highest BCUT2D eigenvalue weighted by Crippen LogP contribution is 2.19. The van der Waals surface area contributed by atoms with Gasteiger partial charge in [-0.3, -0.25) is 4.79 Å². The van der Waals surface area contributed by atoms with Gasteiger partial charge in [-0.05, 0) is 25.0 Å². The Kier molecular flexibility index (Phi) is 4.55. The molecule has 1 aromatic heterocycles. The summed E-state index contributed by atoms with van der Waals surface area (Å²) in [6.45, 7) is 0.717. The van der Waals surface area contributed by atoms with E-state index in [9.17, 15) is 9.90 Å². The summed E-state index contributed by atoms with van der Waals surface area (Å²) in [6, 6.07) is 3.16. The molecule has 18 heavy (non-hydrogen) atoms. The molecule has 1 saturated heterocycles. The first-order valence-corrected chi connectivity index (χ1v) is 6.63. The second-order valence-corrected chi connectivity index (χ2v) is 4.94. The van der Waals surface area contributed by atoms with Gasteiger partial charge in [0.1, 0.15) is 5.15 Å². The van der Waals surface area contributed by atoms with Crippen molar-refractivity contribution in [3.63, 3.8) is 0 Å². The largest absolute Gasteiger partial charge is 0.394 e. The minimum Gasteiger partial charge on any atom is -0.394 e. The quantitative estimate of drug-likeness (QED) is 0.836. The number of hydrogen-bond acceptors (Lipinski definition) is 3. The van der Waals surface area contributed by atoms with Crippen LogP contribution < -0.4 is 0 Å². The number of aliphatic hydroxyl groups is 1. The molecule has 0 spiro atoms. The standard InChI is InChI=1S/C13H17ClN2O2/c14-12-8-10(5-6-15-12)13(18)16-7-3-1-2-4-11(16)9-17/h5-6,8,11,17H,1-4,7,9H2. The van der Waals surface area contributed by atoms with Crippen molar-refractivity contribution >= 4 is 17.5 Å². The first-order valence-electron chi connectivity index (χ1n) is 6.26. The molecule has 1 N–H and O–H groups in total. The van der Waals surface area contributed by atoms with E-state index in [0.29, 0.717) is 17.3 Å². The van der Waals surface area contributed by atoms with Gasteiger partial charge in [0.2, 0.25) is 0 Å². The first kappa shape index (κ1) is 13.3. The molecule has 98 valence electrons. The van der Waals surface area contributed by atoms with Gasteiger partial charge in [0.25, 0.3) is 5.91 Å². The first-order chi connectivity index (χ1) is 8.72. The Morgan fingerprint density at radius 1 is 1.50 bits per heavy atom. The summed E-state index contributed by atoms with van der Waals surface area (Å²) in [5, 5.41) is 9.72. The number of carbonyl (C=O) groups is 1. The summed E-state index contributed by atoms with van der Waals surface area (Å²) < 4.78 is 0. The summed E-state index contributed by atoms with van der Waals surface area (Å²) in [4.78, 5) is 18.0. The van der Waals surface area contributed by atoms with Gasteiger partial charge in [-0.2, -0.15) is 0 Å². The molecule has 2 rings (SSSR count). The van der Waals surface area contributed by atoms with Crippen LogP contribution in [0.4, 0.5) is 0 Å². The fourth-order valence-corrected chi connectivity index (χ4v) is 2.51. The van der Waals surface area contributed by atoms with Crippen molar-refractivity contribution in [1.82, 2.24) is 9.88 Å². The number of aliphatic hydroxyl groups excluding tert-OH is 1. The zero-order valence-corrected chi connectivity index (χ0v) is 10.9. The van der Waals surface area contributed by atoms with Gasteiger partial charge < -0.3 is 10.0 Å². The van der Waals surface area contributed by atoms with Crippen LogP contribution in [-0.4, -0.2) is 40.1 Å². The average molecular weight is 269 g/mol. The maximum absolute atomic E-state index is 12.4.